The molecule has 0 aromatic rings. The largest absolute Gasteiger partial charge is 0.357 e. The summed E-state index contributed by atoms with van der Waals surface area (Å²) in [5.74, 6) is 2.08. The van der Waals surface area contributed by atoms with Gasteiger partial charge in [-0.05, 0) is 12.8 Å². The Bertz CT molecular complexity index is 419. The predicted octanol–water partition coefficient (Wildman–Crippen LogP) is 0.708. The molecular formula is C15H32N4O2S. The van der Waals surface area contributed by atoms with Gasteiger partial charge >= 0.3 is 0 Å². The van der Waals surface area contributed by atoms with Gasteiger partial charge in [-0.2, -0.15) is 0 Å². The van der Waals surface area contributed by atoms with Crippen LogP contribution in [0.4, 0.5) is 0 Å². The second-order valence-corrected chi connectivity index (χ2v) is 8.13. The number of sulfone groups is 1. The van der Waals surface area contributed by atoms with Crippen molar-refractivity contribution in [1.29, 1.82) is 0 Å². The molecule has 7 heteroatoms. The molecule has 1 saturated heterocycles. The van der Waals surface area contributed by atoms with E-state index in [0.29, 0.717) is 19.0 Å². The number of hydrogen-bond acceptors (Lipinski definition) is 4. The fourth-order valence-corrected chi connectivity index (χ4v) is 3.69. The summed E-state index contributed by atoms with van der Waals surface area (Å²) in [5.41, 5.74) is 0. The normalized spacial score (nSPS) is 19.4. The highest BCUT2D eigenvalue weighted by Gasteiger charge is 2.20. The van der Waals surface area contributed by atoms with Crippen LogP contribution in [-0.2, 0) is 9.84 Å². The minimum absolute atomic E-state index is 0.288. The number of nitrogens with one attached hydrogen (secondary N) is 2. The van der Waals surface area contributed by atoms with Crippen molar-refractivity contribution in [1.82, 2.24) is 15.5 Å². The molecule has 0 unspecified atom stereocenters. The molecule has 2 N–H and O–H groups in total. The third kappa shape index (κ3) is 7.45. The van der Waals surface area contributed by atoms with Crippen LogP contribution in [0.15, 0.2) is 4.99 Å². The molecular weight excluding hydrogens is 300 g/mol. The maximum absolute atomic E-state index is 11.4. The first kappa shape index (κ1) is 19.2. The van der Waals surface area contributed by atoms with E-state index in [1.165, 1.54) is 0 Å². The first-order valence-corrected chi connectivity index (χ1v) is 10.3. The molecule has 0 spiro atoms. The second kappa shape index (κ2) is 10.0. The van der Waals surface area contributed by atoms with E-state index in [1.807, 2.05) is 0 Å². The minimum Gasteiger partial charge on any atom is -0.357 e. The molecule has 0 aromatic heterocycles. The lowest BCUT2D eigenvalue weighted by atomic mass is 10.0. The first-order valence-electron chi connectivity index (χ1n) is 8.45. The van der Waals surface area contributed by atoms with Crippen LogP contribution >= 0.6 is 0 Å². The third-order valence-electron chi connectivity index (χ3n) is 4.16. The predicted molar refractivity (Wildman–Crippen MR) is 93.1 cm³/mol. The summed E-state index contributed by atoms with van der Waals surface area (Å²) >= 11 is 0. The van der Waals surface area contributed by atoms with Crippen LogP contribution in [0.2, 0.25) is 0 Å². The zero-order chi connectivity index (χ0) is 16.4. The highest BCUT2D eigenvalue weighted by atomic mass is 32.2. The summed E-state index contributed by atoms with van der Waals surface area (Å²) in [7, 11) is -2.79. The Morgan fingerprint density at radius 3 is 2.32 bits per heavy atom. The van der Waals surface area contributed by atoms with E-state index >= 15 is 0 Å². The van der Waals surface area contributed by atoms with E-state index in [2.05, 4.69) is 41.3 Å². The molecule has 6 nitrogen and oxygen atoms in total. The van der Waals surface area contributed by atoms with E-state index in [-0.39, 0.29) is 11.5 Å². The van der Waals surface area contributed by atoms with Crippen molar-refractivity contribution in [2.45, 2.75) is 33.6 Å². The zero-order valence-electron chi connectivity index (χ0n) is 14.3. The topological polar surface area (TPSA) is 73.8 Å². The average Bonchev–Trinajstić information content (AvgIpc) is 2.50. The quantitative estimate of drug-likeness (QED) is 0.506. The maximum atomic E-state index is 11.4. The lowest BCUT2D eigenvalue weighted by Gasteiger charge is -2.26. The molecule has 1 heterocycles. The number of hydrogen-bond donors (Lipinski definition) is 2. The zero-order valence-corrected chi connectivity index (χ0v) is 15.1. The summed E-state index contributed by atoms with van der Waals surface area (Å²) in [4.78, 5) is 6.83. The van der Waals surface area contributed by atoms with E-state index in [0.717, 1.165) is 45.0 Å². The van der Waals surface area contributed by atoms with Crippen LogP contribution in [0.5, 0.6) is 0 Å². The molecule has 1 rings (SSSR count). The molecule has 1 aliphatic heterocycles. The Balaban J connectivity index is 2.33. The van der Waals surface area contributed by atoms with Crippen LogP contribution in [0.25, 0.3) is 0 Å². The molecule has 0 amide bonds. The van der Waals surface area contributed by atoms with Crippen molar-refractivity contribution in [3.63, 3.8) is 0 Å². The molecule has 0 aromatic carbocycles. The smallest absolute Gasteiger partial charge is 0.191 e. The summed E-state index contributed by atoms with van der Waals surface area (Å²) in [5, 5.41) is 6.60. The van der Waals surface area contributed by atoms with E-state index in [1.54, 1.807) is 0 Å². The van der Waals surface area contributed by atoms with E-state index < -0.39 is 9.84 Å². The van der Waals surface area contributed by atoms with Crippen LogP contribution in [0, 0.1) is 5.92 Å². The Morgan fingerprint density at radius 1 is 1.14 bits per heavy atom. The van der Waals surface area contributed by atoms with Gasteiger partial charge in [0.15, 0.2) is 15.8 Å². The molecule has 0 radical (unpaired) electrons. The molecule has 130 valence electrons. The lowest BCUT2D eigenvalue weighted by molar-refractivity contribution is 0.299. The van der Waals surface area contributed by atoms with Crippen LogP contribution < -0.4 is 10.6 Å². The molecule has 0 aliphatic carbocycles. The highest BCUT2D eigenvalue weighted by molar-refractivity contribution is 7.91. The molecule has 0 saturated carbocycles. The monoisotopic (exact) mass is 332 g/mol. The van der Waals surface area contributed by atoms with Gasteiger partial charge in [-0.3, -0.25) is 9.89 Å². The summed E-state index contributed by atoms with van der Waals surface area (Å²) in [6.45, 7) is 11.1. The maximum Gasteiger partial charge on any atom is 0.191 e. The summed E-state index contributed by atoms with van der Waals surface area (Å²) in [6.07, 6.45) is 2.31. The van der Waals surface area contributed by atoms with Crippen LogP contribution in [-0.4, -0.2) is 70.1 Å². The minimum atomic E-state index is -2.79. The van der Waals surface area contributed by atoms with Gasteiger partial charge in [0.25, 0.3) is 0 Å². The van der Waals surface area contributed by atoms with Crippen molar-refractivity contribution in [2.24, 2.45) is 10.9 Å². The van der Waals surface area contributed by atoms with Gasteiger partial charge in [0.2, 0.25) is 0 Å². The Kier molecular flexibility index (Phi) is 8.78. The summed E-state index contributed by atoms with van der Waals surface area (Å²) in [6, 6.07) is 0. The fourth-order valence-electron chi connectivity index (χ4n) is 2.42. The second-order valence-electron chi connectivity index (χ2n) is 5.82. The highest BCUT2D eigenvalue weighted by Crippen LogP contribution is 2.07. The molecule has 0 atom stereocenters. The van der Waals surface area contributed by atoms with Crippen molar-refractivity contribution >= 4 is 15.8 Å². The lowest BCUT2D eigenvalue weighted by Crippen LogP contribution is -2.46. The van der Waals surface area contributed by atoms with Gasteiger partial charge in [0.05, 0.1) is 11.5 Å². The Labute approximate surface area is 135 Å². The Morgan fingerprint density at radius 2 is 1.77 bits per heavy atom. The van der Waals surface area contributed by atoms with Gasteiger partial charge in [0, 0.05) is 39.3 Å². The van der Waals surface area contributed by atoms with Gasteiger partial charge in [-0.15, -0.1) is 0 Å². The van der Waals surface area contributed by atoms with E-state index in [4.69, 9.17) is 0 Å². The summed E-state index contributed by atoms with van der Waals surface area (Å²) < 4.78 is 22.8. The molecule has 0 bridgehead atoms. The SMILES string of the molecule is CCNC(=NCC(CC)CC)NCCN1CCS(=O)(=O)CC1. The molecule has 1 fully saturated rings. The van der Waals surface area contributed by atoms with Crippen LogP contribution in [0.3, 0.4) is 0 Å². The van der Waals surface area contributed by atoms with E-state index in [9.17, 15) is 8.42 Å². The third-order valence-corrected chi connectivity index (χ3v) is 5.77. The number of aliphatic imine (C=N–C) groups is 1. The van der Waals surface area contributed by atoms with Crippen LogP contribution in [0.1, 0.15) is 33.6 Å². The van der Waals surface area contributed by atoms with Crippen molar-refractivity contribution in [3.8, 4) is 0 Å². The van der Waals surface area contributed by atoms with Gasteiger partial charge < -0.3 is 10.6 Å². The molecule has 22 heavy (non-hydrogen) atoms. The first-order chi connectivity index (χ1) is 10.5. The van der Waals surface area contributed by atoms with Crippen molar-refractivity contribution in [3.05, 3.63) is 0 Å². The Hall–Kier alpha value is -0.820. The van der Waals surface area contributed by atoms with Crippen molar-refractivity contribution < 1.29 is 8.42 Å². The standard InChI is InChI=1S/C15H32N4O2S/c1-4-14(5-2)13-18-15(16-6-3)17-7-8-19-9-11-22(20,21)12-10-19/h14H,4-13H2,1-3H3,(H2,16,17,18). The van der Waals surface area contributed by atoms with Gasteiger partial charge in [-0.25, -0.2) is 8.42 Å². The fraction of sp³-hybridized carbons (Fsp3) is 0.933. The molecule has 1 aliphatic rings. The average molecular weight is 333 g/mol. The number of nitrogens with zero attached hydrogens (tertiary/aromatic N) is 2. The number of guanidine groups is 1. The van der Waals surface area contributed by atoms with Gasteiger partial charge in [0.1, 0.15) is 0 Å². The van der Waals surface area contributed by atoms with Gasteiger partial charge in [-0.1, -0.05) is 26.7 Å². The van der Waals surface area contributed by atoms with Crippen molar-refractivity contribution in [2.75, 3.05) is 50.8 Å². The number of rotatable bonds is 8.